The molecule has 1 aromatic carbocycles. The van der Waals surface area contributed by atoms with Crippen LogP contribution in [0.3, 0.4) is 0 Å². The molecule has 0 aliphatic carbocycles. The number of nitro groups is 1. The number of hydrogen-bond donors (Lipinski definition) is 1. The normalized spacial score (nSPS) is 22.6. The monoisotopic (exact) mass is 428 g/mol. The molecule has 166 valence electrons. The number of rotatable bonds is 4. The minimum atomic E-state index is -0.462. The van der Waals surface area contributed by atoms with Crippen molar-refractivity contribution in [2.24, 2.45) is 11.8 Å². The second kappa shape index (κ2) is 8.62. The number of fused-ring (bicyclic) bond motifs is 1. The number of hydrogen-bond acceptors (Lipinski definition) is 7. The van der Waals surface area contributed by atoms with E-state index in [0.717, 1.165) is 19.5 Å². The Morgan fingerprint density at radius 2 is 1.87 bits per heavy atom. The van der Waals surface area contributed by atoms with Crippen LogP contribution in [0.25, 0.3) is 10.9 Å². The van der Waals surface area contributed by atoms with Gasteiger partial charge in [-0.05, 0) is 24.3 Å². The van der Waals surface area contributed by atoms with Crippen molar-refractivity contribution in [3.63, 3.8) is 0 Å². The summed E-state index contributed by atoms with van der Waals surface area (Å²) in [6.45, 7) is 8.81. The summed E-state index contributed by atoms with van der Waals surface area (Å²) in [6, 6.07) is 2.91. The molecule has 4 rings (SSSR count). The number of likely N-dealkylation sites (tertiary alicyclic amines) is 1. The third-order valence-corrected chi connectivity index (χ3v) is 6.23. The van der Waals surface area contributed by atoms with Gasteiger partial charge in [-0.3, -0.25) is 24.6 Å². The predicted molar refractivity (Wildman–Crippen MR) is 117 cm³/mol. The minimum Gasteiger partial charge on any atom is -0.363 e. The summed E-state index contributed by atoms with van der Waals surface area (Å²) >= 11 is 0. The van der Waals surface area contributed by atoms with Crippen molar-refractivity contribution >= 4 is 28.2 Å². The molecule has 2 aromatic rings. The molecule has 10 heteroatoms. The Labute approximate surface area is 180 Å². The Kier molecular flexibility index (Phi) is 5.90. The maximum atomic E-state index is 12.8. The van der Waals surface area contributed by atoms with Gasteiger partial charge in [0, 0.05) is 45.3 Å². The first-order chi connectivity index (χ1) is 14.8. The predicted octanol–water partition coefficient (Wildman–Crippen LogP) is 1.46. The SMILES string of the molecule is CC1CC(C)CN(C(=O)CN2CCN(c3cc4nc[nH]c(=O)c4cc3[N+](=O)[O-])CC2)C1. The van der Waals surface area contributed by atoms with Gasteiger partial charge in [0.25, 0.3) is 11.2 Å². The van der Waals surface area contributed by atoms with Gasteiger partial charge in [0.1, 0.15) is 5.69 Å². The quantitative estimate of drug-likeness (QED) is 0.579. The Bertz CT molecular complexity index is 1040. The maximum absolute atomic E-state index is 12.8. The van der Waals surface area contributed by atoms with Crippen molar-refractivity contribution in [3.05, 3.63) is 38.9 Å². The highest BCUT2D eigenvalue weighted by molar-refractivity contribution is 5.87. The molecule has 2 aliphatic heterocycles. The number of piperidine rings is 1. The van der Waals surface area contributed by atoms with Crippen LogP contribution in [0.4, 0.5) is 11.4 Å². The van der Waals surface area contributed by atoms with Crippen molar-refractivity contribution in [2.45, 2.75) is 20.3 Å². The van der Waals surface area contributed by atoms with Crippen LogP contribution in [-0.4, -0.2) is 76.4 Å². The van der Waals surface area contributed by atoms with E-state index in [9.17, 15) is 19.7 Å². The van der Waals surface area contributed by atoms with E-state index in [2.05, 4.69) is 28.7 Å². The molecule has 2 unspecified atom stereocenters. The number of nitrogens with one attached hydrogen (secondary N) is 1. The van der Waals surface area contributed by atoms with Crippen LogP contribution in [0.1, 0.15) is 20.3 Å². The number of benzene rings is 1. The molecule has 1 N–H and O–H groups in total. The first-order valence-electron chi connectivity index (χ1n) is 10.7. The molecule has 2 saturated heterocycles. The van der Waals surface area contributed by atoms with E-state index >= 15 is 0 Å². The molecular weight excluding hydrogens is 400 g/mol. The first kappa shape index (κ1) is 21.2. The highest BCUT2D eigenvalue weighted by Gasteiger charge is 2.29. The Balaban J connectivity index is 1.44. The number of carbonyl (C=O) groups excluding carboxylic acids is 1. The number of aromatic nitrogens is 2. The maximum Gasteiger partial charge on any atom is 0.293 e. The van der Waals surface area contributed by atoms with E-state index < -0.39 is 10.5 Å². The molecule has 2 atom stereocenters. The summed E-state index contributed by atoms with van der Waals surface area (Å²) in [5.74, 6) is 1.21. The van der Waals surface area contributed by atoms with Crippen molar-refractivity contribution in [3.8, 4) is 0 Å². The fourth-order valence-electron chi connectivity index (χ4n) is 4.80. The molecule has 0 spiro atoms. The van der Waals surface area contributed by atoms with E-state index in [0.29, 0.717) is 55.8 Å². The van der Waals surface area contributed by atoms with Crippen LogP contribution < -0.4 is 10.5 Å². The number of amides is 1. The van der Waals surface area contributed by atoms with E-state index in [1.54, 1.807) is 6.07 Å². The molecule has 3 heterocycles. The van der Waals surface area contributed by atoms with Gasteiger partial charge >= 0.3 is 0 Å². The van der Waals surface area contributed by atoms with E-state index in [4.69, 9.17) is 0 Å². The van der Waals surface area contributed by atoms with Gasteiger partial charge in [-0.25, -0.2) is 4.98 Å². The molecule has 31 heavy (non-hydrogen) atoms. The van der Waals surface area contributed by atoms with Crippen molar-refractivity contribution in [1.82, 2.24) is 19.8 Å². The van der Waals surface area contributed by atoms with Crippen LogP contribution >= 0.6 is 0 Å². The fraction of sp³-hybridized carbons (Fsp3) is 0.571. The Hall–Kier alpha value is -3.01. The number of H-pyrrole nitrogens is 1. The second-order valence-electron chi connectivity index (χ2n) is 8.85. The Morgan fingerprint density at radius 1 is 1.19 bits per heavy atom. The van der Waals surface area contributed by atoms with Gasteiger partial charge in [-0.1, -0.05) is 13.8 Å². The smallest absolute Gasteiger partial charge is 0.293 e. The summed E-state index contributed by atoms with van der Waals surface area (Å²) in [4.78, 5) is 48.6. The number of aromatic amines is 1. The van der Waals surface area contributed by atoms with E-state index in [-0.39, 0.29) is 17.0 Å². The number of nitro benzene ring substituents is 1. The molecular formula is C21H28N6O4. The van der Waals surface area contributed by atoms with Crippen LogP contribution in [0.15, 0.2) is 23.3 Å². The number of nitrogens with zero attached hydrogens (tertiary/aromatic N) is 5. The summed E-state index contributed by atoms with van der Waals surface area (Å²) < 4.78 is 0. The van der Waals surface area contributed by atoms with Gasteiger partial charge in [0.2, 0.25) is 5.91 Å². The molecule has 2 fully saturated rings. The molecule has 1 amide bonds. The van der Waals surface area contributed by atoms with Crippen molar-refractivity contribution in [1.29, 1.82) is 0 Å². The van der Waals surface area contributed by atoms with E-state index in [1.165, 1.54) is 12.4 Å². The summed E-state index contributed by atoms with van der Waals surface area (Å²) in [5, 5.41) is 11.8. The van der Waals surface area contributed by atoms with Crippen LogP contribution in [0.2, 0.25) is 0 Å². The summed E-state index contributed by atoms with van der Waals surface area (Å²) in [7, 11) is 0. The minimum absolute atomic E-state index is 0.105. The van der Waals surface area contributed by atoms with Gasteiger partial charge in [0.15, 0.2) is 0 Å². The molecule has 0 bridgehead atoms. The lowest BCUT2D eigenvalue weighted by molar-refractivity contribution is -0.384. The zero-order valence-electron chi connectivity index (χ0n) is 17.9. The van der Waals surface area contributed by atoms with Crippen molar-refractivity contribution in [2.75, 3.05) is 50.7 Å². The standard InChI is InChI=1S/C21H28N6O4/c1-14-7-15(2)11-26(10-14)20(28)12-24-3-5-25(6-4-24)18-9-17-16(8-19(18)27(30)31)21(29)23-13-22-17/h8-9,13-15H,3-7,10-12H2,1-2H3,(H,22,23,29). The molecule has 1 aromatic heterocycles. The zero-order valence-corrected chi connectivity index (χ0v) is 17.9. The lowest BCUT2D eigenvalue weighted by Crippen LogP contribution is -2.52. The average Bonchev–Trinajstić information content (AvgIpc) is 2.73. The van der Waals surface area contributed by atoms with Gasteiger partial charge in [-0.2, -0.15) is 0 Å². The Morgan fingerprint density at radius 3 is 2.52 bits per heavy atom. The largest absolute Gasteiger partial charge is 0.363 e. The van der Waals surface area contributed by atoms with Crippen LogP contribution in [-0.2, 0) is 4.79 Å². The number of anilines is 1. The fourth-order valence-corrected chi connectivity index (χ4v) is 4.80. The molecule has 2 aliphatic rings. The highest BCUT2D eigenvalue weighted by atomic mass is 16.6. The van der Waals surface area contributed by atoms with Crippen molar-refractivity contribution < 1.29 is 9.72 Å². The molecule has 0 saturated carbocycles. The number of carbonyl (C=O) groups is 1. The zero-order chi connectivity index (χ0) is 22.1. The summed E-state index contributed by atoms with van der Waals surface area (Å²) in [6.07, 6.45) is 2.46. The van der Waals surface area contributed by atoms with Gasteiger partial charge in [-0.15, -0.1) is 0 Å². The molecule has 0 radical (unpaired) electrons. The highest BCUT2D eigenvalue weighted by Crippen LogP contribution is 2.32. The van der Waals surface area contributed by atoms with Crippen LogP contribution in [0, 0.1) is 22.0 Å². The average molecular weight is 428 g/mol. The second-order valence-corrected chi connectivity index (χ2v) is 8.85. The topological polar surface area (TPSA) is 116 Å². The third kappa shape index (κ3) is 4.53. The lowest BCUT2D eigenvalue weighted by Gasteiger charge is -2.38. The first-order valence-corrected chi connectivity index (χ1v) is 10.7. The van der Waals surface area contributed by atoms with Gasteiger partial charge < -0.3 is 14.8 Å². The van der Waals surface area contributed by atoms with E-state index in [1.807, 2.05) is 9.80 Å². The van der Waals surface area contributed by atoms with Gasteiger partial charge in [0.05, 0.1) is 28.7 Å². The lowest BCUT2D eigenvalue weighted by atomic mass is 9.92. The summed E-state index contributed by atoms with van der Waals surface area (Å²) in [5.41, 5.74) is 0.381. The molecule has 10 nitrogen and oxygen atoms in total. The number of piperazine rings is 1. The van der Waals surface area contributed by atoms with Crippen LogP contribution in [0.5, 0.6) is 0 Å². The third-order valence-electron chi connectivity index (χ3n) is 6.23.